The van der Waals surface area contributed by atoms with E-state index >= 15 is 0 Å². The molecular formula is C12H15BrO3. The van der Waals surface area contributed by atoms with Crippen molar-refractivity contribution in [3.8, 4) is 5.75 Å². The molecule has 0 amide bonds. The summed E-state index contributed by atoms with van der Waals surface area (Å²) in [5, 5.41) is 0. The SMILES string of the molecule is COc1cc(Br)cc(C)c1C(=O)OC(C)C. The second-order valence-corrected chi connectivity index (χ2v) is 4.67. The van der Waals surface area contributed by atoms with Gasteiger partial charge in [0.15, 0.2) is 0 Å². The predicted molar refractivity (Wildman–Crippen MR) is 66.0 cm³/mol. The van der Waals surface area contributed by atoms with E-state index in [1.807, 2.05) is 26.8 Å². The molecule has 0 saturated heterocycles. The summed E-state index contributed by atoms with van der Waals surface area (Å²) in [5.74, 6) is 0.175. The van der Waals surface area contributed by atoms with Crippen LogP contribution in [0, 0.1) is 6.92 Å². The number of ether oxygens (including phenoxy) is 2. The molecular weight excluding hydrogens is 272 g/mol. The van der Waals surface area contributed by atoms with Gasteiger partial charge < -0.3 is 9.47 Å². The molecule has 0 fully saturated rings. The first-order valence-electron chi connectivity index (χ1n) is 5.00. The van der Waals surface area contributed by atoms with Gasteiger partial charge in [-0.05, 0) is 38.5 Å². The van der Waals surface area contributed by atoms with E-state index in [0.717, 1.165) is 10.0 Å². The molecule has 0 radical (unpaired) electrons. The zero-order chi connectivity index (χ0) is 12.3. The van der Waals surface area contributed by atoms with Gasteiger partial charge in [0.25, 0.3) is 0 Å². The van der Waals surface area contributed by atoms with Crippen LogP contribution in [0.1, 0.15) is 29.8 Å². The number of benzene rings is 1. The van der Waals surface area contributed by atoms with Gasteiger partial charge >= 0.3 is 5.97 Å². The molecule has 0 aliphatic rings. The Hall–Kier alpha value is -1.03. The number of esters is 1. The van der Waals surface area contributed by atoms with Crippen LogP contribution in [0.2, 0.25) is 0 Å². The van der Waals surface area contributed by atoms with Gasteiger partial charge in [0.05, 0.1) is 13.2 Å². The normalized spacial score (nSPS) is 10.4. The van der Waals surface area contributed by atoms with Crippen molar-refractivity contribution in [2.45, 2.75) is 26.9 Å². The lowest BCUT2D eigenvalue weighted by atomic mass is 10.1. The lowest BCUT2D eigenvalue weighted by Crippen LogP contribution is -2.14. The van der Waals surface area contributed by atoms with Gasteiger partial charge in [0.2, 0.25) is 0 Å². The Balaban J connectivity index is 3.16. The van der Waals surface area contributed by atoms with Crippen LogP contribution in [0.25, 0.3) is 0 Å². The Morgan fingerprint density at radius 3 is 2.50 bits per heavy atom. The quantitative estimate of drug-likeness (QED) is 0.800. The highest BCUT2D eigenvalue weighted by atomic mass is 79.9. The number of hydrogen-bond donors (Lipinski definition) is 0. The Bertz CT molecular complexity index is 399. The number of carbonyl (C=O) groups excluding carboxylic acids is 1. The minimum atomic E-state index is -0.350. The summed E-state index contributed by atoms with van der Waals surface area (Å²) in [5.41, 5.74) is 1.32. The molecule has 0 unspecified atom stereocenters. The molecule has 0 heterocycles. The summed E-state index contributed by atoms with van der Waals surface area (Å²) in [7, 11) is 1.54. The average molecular weight is 287 g/mol. The fourth-order valence-electron chi connectivity index (χ4n) is 1.41. The highest BCUT2D eigenvalue weighted by molar-refractivity contribution is 9.10. The van der Waals surface area contributed by atoms with Crippen molar-refractivity contribution in [2.75, 3.05) is 7.11 Å². The van der Waals surface area contributed by atoms with Crippen LogP contribution in [-0.2, 0) is 4.74 Å². The molecule has 0 N–H and O–H groups in total. The molecule has 1 aromatic rings. The van der Waals surface area contributed by atoms with Crippen molar-refractivity contribution in [1.82, 2.24) is 0 Å². The number of aryl methyl sites for hydroxylation is 1. The highest BCUT2D eigenvalue weighted by Gasteiger charge is 2.18. The first-order chi connectivity index (χ1) is 7.45. The number of carbonyl (C=O) groups is 1. The van der Waals surface area contributed by atoms with E-state index in [2.05, 4.69) is 15.9 Å². The molecule has 0 aliphatic heterocycles. The van der Waals surface area contributed by atoms with Gasteiger partial charge in [-0.15, -0.1) is 0 Å². The summed E-state index contributed by atoms with van der Waals surface area (Å²) in [4.78, 5) is 11.8. The standard InChI is InChI=1S/C12H15BrO3/c1-7(2)16-12(14)11-8(3)5-9(13)6-10(11)15-4/h5-7H,1-4H3. The molecule has 0 spiro atoms. The second-order valence-electron chi connectivity index (χ2n) is 3.75. The Kier molecular flexibility index (Phi) is 4.35. The fourth-order valence-corrected chi connectivity index (χ4v) is 1.96. The molecule has 0 bridgehead atoms. The second kappa shape index (κ2) is 5.34. The smallest absolute Gasteiger partial charge is 0.342 e. The first kappa shape index (κ1) is 13.0. The van der Waals surface area contributed by atoms with Crippen LogP contribution >= 0.6 is 15.9 Å². The summed E-state index contributed by atoms with van der Waals surface area (Å²) < 4.78 is 11.2. The number of hydrogen-bond acceptors (Lipinski definition) is 3. The Morgan fingerprint density at radius 2 is 2.00 bits per heavy atom. The van der Waals surface area contributed by atoms with Crippen molar-refractivity contribution in [3.63, 3.8) is 0 Å². The fraction of sp³-hybridized carbons (Fsp3) is 0.417. The molecule has 3 nitrogen and oxygen atoms in total. The lowest BCUT2D eigenvalue weighted by molar-refractivity contribution is 0.0373. The van der Waals surface area contributed by atoms with E-state index in [9.17, 15) is 4.79 Å². The third-order valence-corrected chi connectivity index (χ3v) is 2.49. The molecule has 4 heteroatoms. The lowest BCUT2D eigenvalue weighted by Gasteiger charge is -2.13. The van der Waals surface area contributed by atoms with Gasteiger partial charge in [0.1, 0.15) is 11.3 Å². The minimum absolute atomic E-state index is 0.139. The summed E-state index contributed by atoms with van der Waals surface area (Å²) in [6.45, 7) is 5.49. The first-order valence-corrected chi connectivity index (χ1v) is 5.80. The van der Waals surface area contributed by atoms with E-state index in [0.29, 0.717) is 11.3 Å². The maximum absolute atomic E-state index is 11.8. The van der Waals surface area contributed by atoms with E-state index in [4.69, 9.17) is 9.47 Å². The molecule has 0 saturated carbocycles. The maximum Gasteiger partial charge on any atom is 0.342 e. The Labute approximate surface area is 104 Å². The Morgan fingerprint density at radius 1 is 1.38 bits per heavy atom. The molecule has 88 valence electrons. The van der Waals surface area contributed by atoms with Crippen molar-refractivity contribution >= 4 is 21.9 Å². The number of rotatable bonds is 3. The molecule has 0 aromatic heterocycles. The highest BCUT2D eigenvalue weighted by Crippen LogP contribution is 2.28. The zero-order valence-corrected chi connectivity index (χ0v) is 11.4. The summed E-state index contributed by atoms with van der Waals surface area (Å²) in [6.07, 6.45) is -0.139. The van der Waals surface area contributed by atoms with Crippen LogP contribution in [0.3, 0.4) is 0 Å². The van der Waals surface area contributed by atoms with Crippen LogP contribution in [0.5, 0.6) is 5.75 Å². The summed E-state index contributed by atoms with van der Waals surface area (Å²) in [6, 6.07) is 3.61. The number of halogens is 1. The predicted octanol–water partition coefficient (Wildman–Crippen LogP) is 3.33. The van der Waals surface area contributed by atoms with Crippen molar-refractivity contribution in [1.29, 1.82) is 0 Å². The maximum atomic E-state index is 11.8. The van der Waals surface area contributed by atoms with E-state index in [1.165, 1.54) is 7.11 Å². The van der Waals surface area contributed by atoms with Gasteiger partial charge in [-0.25, -0.2) is 4.79 Å². The number of methoxy groups -OCH3 is 1. The van der Waals surface area contributed by atoms with Gasteiger partial charge in [-0.3, -0.25) is 0 Å². The molecule has 1 aromatic carbocycles. The van der Waals surface area contributed by atoms with Crippen LogP contribution in [-0.4, -0.2) is 19.2 Å². The van der Waals surface area contributed by atoms with Gasteiger partial charge in [0, 0.05) is 4.47 Å². The van der Waals surface area contributed by atoms with Crippen LogP contribution in [0.15, 0.2) is 16.6 Å². The summed E-state index contributed by atoms with van der Waals surface area (Å²) >= 11 is 3.36. The van der Waals surface area contributed by atoms with Gasteiger partial charge in [-0.1, -0.05) is 15.9 Å². The average Bonchev–Trinajstić information content (AvgIpc) is 2.14. The molecule has 1 rings (SSSR count). The van der Waals surface area contributed by atoms with Crippen molar-refractivity contribution in [3.05, 3.63) is 27.7 Å². The largest absolute Gasteiger partial charge is 0.496 e. The van der Waals surface area contributed by atoms with Crippen molar-refractivity contribution in [2.24, 2.45) is 0 Å². The van der Waals surface area contributed by atoms with Crippen molar-refractivity contribution < 1.29 is 14.3 Å². The van der Waals surface area contributed by atoms with Crippen LogP contribution in [0.4, 0.5) is 0 Å². The molecule has 0 aliphatic carbocycles. The van der Waals surface area contributed by atoms with E-state index in [1.54, 1.807) is 6.07 Å². The molecule has 16 heavy (non-hydrogen) atoms. The third kappa shape index (κ3) is 2.98. The van der Waals surface area contributed by atoms with E-state index < -0.39 is 0 Å². The molecule has 0 atom stereocenters. The van der Waals surface area contributed by atoms with Crippen LogP contribution < -0.4 is 4.74 Å². The zero-order valence-electron chi connectivity index (χ0n) is 9.83. The third-order valence-electron chi connectivity index (χ3n) is 2.03. The monoisotopic (exact) mass is 286 g/mol. The topological polar surface area (TPSA) is 35.5 Å². The minimum Gasteiger partial charge on any atom is -0.496 e. The van der Waals surface area contributed by atoms with E-state index in [-0.39, 0.29) is 12.1 Å². The van der Waals surface area contributed by atoms with Gasteiger partial charge in [-0.2, -0.15) is 0 Å².